The summed E-state index contributed by atoms with van der Waals surface area (Å²) in [5.41, 5.74) is 4.87. The van der Waals surface area contributed by atoms with Crippen molar-refractivity contribution in [1.82, 2.24) is 15.6 Å². The summed E-state index contributed by atoms with van der Waals surface area (Å²) in [5.74, 6) is 0.592. The Kier molecular flexibility index (Phi) is 12.1. The Labute approximate surface area is 341 Å². The minimum Gasteiger partial charge on any atom is -0.444 e. The average molecular weight is 822 g/mol. The molecule has 3 heterocycles. The number of piperazine rings is 2. The third-order valence-corrected chi connectivity index (χ3v) is 13.1. The van der Waals surface area contributed by atoms with Gasteiger partial charge in [-0.2, -0.15) is 0 Å². The third kappa shape index (κ3) is 9.81. The van der Waals surface area contributed by atoms with Crippen molar-refractivity contribution < 1.29 is 21.3 Å². The van der Waals surface area contributed by atoms with Gasteiger partial charge in [0.25, 0.3) is 20.0 Å². The standard InChI is InChI=1S/C23H27N3O2S.C21H24N4O3S/c1-16-8-10-21(26-14-17(2)24-18(3)15-26)13-23(16)25-29(27,28)22-11-9-19-6-4-5-7-20(19)12-22;1-15-12-25(13-16(2)23-15)19-5-3-4-18(10-19)24-29(26,27)20-8-6-17(7-9-20)21-11-22-14-28-21/h4-13,17-18,24-25H,14-15H2,1-3H3;3-11,14-16,23-24H,12-13H2,1-2H3/t17-,18+;15-,16+. The van der Waals surface area contributed by atoms with E-state index in [0.29, 0.717) is 41.3 Å². The normalized spacial score (nSPS) is 19.9. The van der Waals surface area contributed by atoms with Gasteiger partial charge in [-0.1, -0.05) is 42.5 Å². The number of sulfonamides is 2. The molecular weight excluding hydrogens is 771 g/mol. The van der Waals surface area contributed by atoms with Crippen LogP contribution in [0.25, 0.3) is 22.1 Å². The molecule has 0 bridgehead atoms. The van der Waals surface area contributed by atoms with Crippen LogP contribution in [0, 0.1) is 6.92 Å². The van der Waals surface area contributed by atoms with Crippen LogP contribution >= 0.6 is 0 Å². The van der Waals surface area contributed by atoms with Gasteiger partial charge in [-0.05, 0) is 118 Å². The van der Waals surface area contributed by atoms with Crippen molar-refractivity contribution in [1.29, 1.82) is 0 Å². The zero-order valence-corrected chi connectivity index (χ0v) is 35.0. The molecule has 12 nitrogen and oxygen atoms in total. The van der Waals surface area contributed by atoms with Gasteiger partial charge in [0, 0.05) is 67.3 Å². The lowest BCUT2D eigenvalue weighted by atomic mass is 10.1. The van der Waals surface area contributed by atoms with Gasteiger partial charge in [0.1, 0.15) is 0 Å². The van der Waals surface area contributed by atoms with E-state index in [0.717, 1.165) is 59.5 Å². The van der Waals surface area contributed by atoms with Crippen molar-refractivity contribution in [2.24, 2.45) is 0 Å². The minimum absolute atomic E-state index is 0.190. The minimum atomic E-state index is -3.70. The lowest BCUT2D eigenvalue weighted by Crippen LogP contribution is -2.54. The third-order valence-electron chi connectivity index (χ3n) is 10.3. The molecule has 0 saturated carbocycles. The van der Waals surface area contributed by atoms with Gasteiger partial charge in [0.15, 0.2) is 12.2 Å². The topological polar surface area (TPSA) is 149 Å². The molecule has 6 aromatic rings. The maximum Gasteiger partial charge on any atom is 0.261 e. The molecule has 8 rings (SSSR count). The summed E-state index contributed by atoms with van der Waals surface area (Å²) in [7, 11) is -7.37. The first-order valence-electron chi connectivity index (χ1n) is 19.5. The Hall–Kier alpha value is -5.41. The second kappa shape index (κ2) is 17.2. The number of fused-ring (bicyclic) bond motifs is 1. The Morgan fingerprint density at radius 2 is 1.21 bits per heavy atom. The quantitative estimate of drug-likeness (QED) is 0.116. The van der Waals surface area contributed by atoms with E-state index in [4.69, 9.17) is 4.42 Å². The molecule has 2 fully saturated rings. The molecule has 0 radical (unpaired) electrons. The van der Waals surface area contributed by atoms with Gasteiger partial charge in [0.2, 0.25) is 0 Å². The molecular formula is C44H51N7O5S2. The monoisotopic (exact) mass is 821 g/mol. The lowest BCUT2D eigenvalue weighted by Gasteiger charge is -2.38. The molecule has 0 unspecified atom stereocenters. The second-order valence-corrected chi connectivity index (χ2v) is 18.8. The molecule has 304 valence electrons. The van der Waals surface area contributed by atoms with Gasteiger partial charge >= 0.3 is 0 Å². The molecule has 14 heteroatoms. The van der Waals surface area contributed by atoms with Crippen molar-refractivity contribution in [3.05, 3.63) is 127 Å². The van der Waals surface area contributed by atoms with Crippen LogP contribution in [-0.4, -0.2) is 72.2 Å². The first-order valence-corrected chi connectivity index (χ1v) is 22.4. The van der Waals surface area contributed by atoms with Crippen molar-refractivity contribution in [3.63, 3.8) is 0 Å². The summed E-state index contributed by atoms with van der Waals surface area (Å²) >= 11 is 0. The van der Waals surface area contributed by atoms with E-state index in [2.05, 4.69) is 68.6 Å². The first kappa shape index (κ1) is 40.8. The fourth-order valence-electron chi connectivity index (χ4n) is 7.67. The Balaban J connectivity index is 0.000000177. The smallest absolute Gasteiger partial charge is 0.261 e. The molecule has 2 saturated heterocycles. The van der Waals surface area contributed by atoms with E-state index in [1.165, 1.54) is 6.39 Å². The second-order valence-electron chi connectivity index (χ2n) is 15.4. The maximum absolute atomic E-state index is 13.1. The van der Waals surface area contributed by atoms with E-state index in [9.17, 15) is 16.8 Å². The molecule has 0 amide bonds. The van der Waals surface area contributed by atoms with E-state index < -0.39 is 20.0 Å². The Bertz CT molecular complexity index is 2550. The molecule has 58 heavy (non-hydrogen) atoms. The largest absolute Gasteiger partial charge is 0.444 e. The van der Waals surface area contributed by atoms with Crippen LogP contribution in [0.5, 0.6) is 0 Å². The summed E-state index contributed by atoms with van der Waals surface area (Å²) in [6, 6.07) is 34.5. The average Bonchev–Trinajstić information content (AvgIpc) is 3.74. The zero-order valence-electron chi connectivity index (χ0n) is 33.4. The van der Waals surface area contributed by atoms with Gasteiger partial charge in [0.05, 0.1) is 27.4 Å². The Morgan fingerprint density at radius 3 is 1.83 bits per heavy atom. The molecule has 2 aliphatic heterocycles. The Morgan fingerprint density at radius 1 is 0.621 bits per heavy atom. The summed E-state index contributed by atoms with van der Waals surface area (Å²) in [6.45, 7) is 14.1. The predicted molar refractivity (Wildman–Crippen MR) is 234 cm³/mol. The van der Waals surface area contributed by atoms with Gasteiger partial charge in [-0.15, -0.1) is 0 Å². The van der Waals surface area contributed by atoms with Crippen molar-refractivity contribution in [2.45, 2.75) is 68.6 Å². The van der Waals surface area contributed by atoms with Crippen molar-refractivity contribution in [2.75, 3.05) is 45.4 Å². The fraction of sp³-hybridized carbons (Fsp3) is 0.295. The number of anilines is 4. The highest BCUT2D eigenvalue weighted by Crippen LogP contribution is 2.29. The molecule has 0 aliphatic carbocycles. The van der Waals surface area contributed by atoms with E-state index in [1.54, 1.807) is 48.7 Å². The van der Waals surface area contributed by atoms with Crippen molar-refractivity contribution >= 4 is 53.6 Å². The van der Waals surface area contributed by atoms with Gasteiger partial charge < -0.3 is 24.9 Å². The maximum atomic E-state index is 13.1. The van der Waals surface area contributed by atoms with Crippen LogP contribution in [-0.2, 0) is 20.0 Å². The summed E-state index contributed by atoms with van der Waals surface area (Å²) in [6.07, 6.45) is 2.93. The highest BCUT2D eigenvalue weighted by atomic mass is 32.2. The van der Waals surface area contributed by atoms with E-state index in [1.807, 2.05) is 67.6 Å². The zero-order chi connectivity index (χ0) is 41.0. The molecule has 4 atom stereocenters. The highest BCUT2D eigenvalue weighted by molar-refractivity contribution is 7.93. The predicted octanol–water partition coefficient (Wildman–Crippen LogP) is 7.46. The number of oxazole rings is 1. The number of aryl methyl sites for hydroxylation is 1. The summed E-state index contributed by atoms with van der Waals surface area (Å²) in [4.78, 5) is 8.91. The van der Waals surface area contributed by atoms with Gasteiger partial charge in [-0.25, -0.2) is 21.8 Å². The van der Waals surface area contributed by atoms with Crippen molar-refractivity contribution in [3.8, 4) is 11.3 Å². The number of hydrogen-bond donors (Lipinski definition) is 4. The van der Waals surface area contributed by atoms with Crippen LogP contribution in [0.4, 0.5) is 22.7 Å². The molecule has 0 spiro atoms. The van der Waals surface area contributed by atoms with E-state index in [-0.39, 0.29) is 9.79 Å². The lowest BCUT2D eigenvalue weighted by molar-refractivity contribution is 0.407. The molecule has 4 N–H and O–H groups in total. The molecule has 2 aliphatic rings. The van der Waals surface area contributed by atoms with Crippen LogP contribution in [0.3, 0.4) is 0 Å². The summed E-state index contributed by atoms with van der Waals surface area (Å²) < 4.78 is 62.5. The van der Waals surface area contributed by atoms with Crippen LogP contribution < -0.4 is 29.9 Å². The number of nitrogens with one attached hydrogen (secondary N) is 4. The SMILES string of the molecule is C[C@@H]1CN(c2cccc(NS(=O)(=O)c3ccc(-c4cnco4)cc3)c2)C[C@H](C)N1.Cc1ccc(N2C[C@@H](C)N[C@@H](C)C2)cc1NS(=O)(=O)c1ccc2ccccc2c1. The number of hydrogen-bond acceptors (Lipinski definition) is 10. The molecule has 1 aromatic heterocycles. The summed E-state index contributed by atoms with van der Waals surface area (Å²) in [5, 5.41) is 8.96. The van der Waals surface area contributed by atoms with E-state index >= 15 is 0 Å². The number of rotatable bonds is 9. The fourth-order valence-corrected chi connectivity index (χ4v) is 9.87. The number of nitrogens with zero attached hydrogens (tertiary/aromatic N) is 3. The number of benzene rings is 5. The van der Waals surface area contributed by atoms with Gasteiger partial charge in [-0.3, -0.25) is 9.44 Å². The van der Waals surface area contributed by atoms with Crippen LogP contribution in [0.15, 0.2) is 136 Å². The highest BCUT2D eigenvalue weighted by Gasteiger charge is 2.24. The molecule has 5 aromatic carbocycles. The first-order chi connectivity index (χ1) is 27.7. The van der Waals surface area contributed by atoms with Crippen LogP contribution in [0.2, 0.25) is 0 Å². The number of aromatic nitrogens is 1. The van der Waals surface area contributed by atoms with Crippen LogP contribution in [0.1, 0.15) is 33.3 Å².